The summed E-state index contributed by atoms with van der Waals surface area (Å²) in [4.78, 5) is 11.0. The first kappa shape index (κ1) is 26.5. The zero-order chi connectivity index (χ0) is 32.1. The van der Waals surface area contributed by atoms with Gasteiger partial charge in [-0.2, -0.15) is 0 Å². The van der Waals surface area contributed by atoms with Crippen molar-refractivity contribution in [2.45, 2.75) is 0 Å². The number of rotatable bonds is 2. The van der Waals surface area contributed by atoms with Crippen LogP contribution in [0.4, 0.5) is 0 Å². The standard InChI is InChI=1S/C46H27N3/c1-2-14-30(15-3-1)43-39-25-23-28-12-4-6-16-31(28)44(39)48-46(47-43)49-40-27-26-37-35-20-9-8-18-33(35)34-19-10-11-21-36(34)41(37)42(40)38-24-22-29-13-5-7-17-32(29)45(38)49/h1-27H. The van der Waals surface area contributed by atoms with Crippen LogP contribution in [-0.2, 0) is 0 Å². The first-order valence-electron chi connectivity index (χ1n) is 16.8. The van der Waals surface area contributed by atoms with Gasteiger partial charge in [0.15, 0.2) is 0 Å². The highest BCUT2D eigenvalue weighted by Gasteiger charge is 2.22. The van der Waals surface area contributed by atoms with E-state index in [0.29, 0.717) is 5.95 Å². The van der Waals surface area contributed by atoms with Gasteiger partial charge in [-0.15, -0.1) is 0 Å². The molecule has 0 bridgehead atoms. The number of nitrogens with zero attached hydrogens (tertiary/aromatic N) is 3. The quantitative estimate of drug-likeness (QED) is 0.180. The molecule has 0 N–H and O–H groups in total. The Balaban J connectivity index is 1.39. The number of hydrogen-bond donors (Lipinski definition) is 0. The van der Waals surface area contributed by atoms with Crippen LogP contribution in [0, 0.1) is 0 Å². The zero-order valence-corrected chi connectivity index (χ0v) is 26.4. The number of fused-ring (bicyclic) bond motifs is 15. The molecule has 11 aromatic rings. The van der Waals surface area contributed by atoms with Gasteiger partial charge >= 0.3 is 0 Å². The van der Waals surface area contributed by atoms with Crippen molar-refractivity contribution in [3.63, 3.8) is 0 Å². The summed E-state index contributed by atoms with van der Waals surface area (Å²) in [5.41, 5.74) is 5.17. The Morgan fingerprint density at radius 3 is 1.61 bits per heavy atom. The third-order valence-electron chi connectivity index (χ3n) is 10.3. The third-order valence-corrected chi connectivity index (χ3v) is 10.3. The first-order valence-corrected chi connectivity index (χ1v) is 16.8. The van der Waals surface area contributed by atoms with E-state index in [4.69, 9.17) is 9.97 Å². The normalized spacial score (nSPS) is 12.1. The maximum Gasteiger partial charge on any atom is 0.235 e. The molecular formula is C46H27N3. The van der Waals surface area contributed by atoms with Crippen molar-refractivity contribution in [2.24, 2.45) is 0 Å². The van der Waals surface area contributed by atoms with Gasteiger partial charge in [0.25, 0.3) is 0 Å². The number of aromatic nitrogens is 3. The van der Waals surface area contributed by atoms with Gasteiger partial charge in [-0.25, -0.2) is 9.97 Å². The highest BCUT2D eigenvalue weighted by atomic mass is 15.2. The van der Waals surface area contributed by atoms with Gasteiger partial charge in [0.05, 0.1) is 22.2 Å². The lowest BCUT2D eigenvalue weighted by molar-refractivity contribution is 1.02. The summed E-state index contributed by atoms with van der Waals surface area (Å²) in [7, 11) is 0. The second-order valence-electron chi connectivity index (χ2n) is 12.9. The number of benzene rings is 9. The van der Waals surface area contributed by atoms with Crippen molar-refractivity contribution in [1.82, 2.24) is 14.5 Å². The van der Waals surface area contributed by atoms with Crippen LogP contribution in [0.25, 0.3) is 104 Å². The average molecular weight is 622 g/mol. The molecule has 9 aromatic carbocycles. The molecule has 49 heavy (non-hydrogen) atoms. The fraction of sp³-hybridized carbons (Fsp3) is 0. The van der Waals surface area contributed by atoms with E-state index in [1.807, 2.05) is 0 Å². The topological polar surface area (TPSA) is 30.7 Å². The highest BCUT2D eigenvalue weighted by Crippen LogP contribution is 2.45. The minimum Gasteiger partial charge on any atom is -0.277 e. The highest BCUT2D eigenvalue weighted by molar-refractivity contribution is 6.36. The van der Waals surface area contributed by atoms with Crippen molar-refractivity contribution in [3.05, 3.63) is 164 Å². The zero-order valence-electron chi connectivity index (χ0n) is 26.4. The van der Waals surface area contributed by atoms with Gasteiger partial charge in [0, 0.05) is 37.9 Å². The van der Waals surface area contributed by atoms with Crippen molar-refractivity contribution in [3.8, 4) is 17.2 Å². The summed E-state index contributed by atoms with van der Waals surface area (Å²) < 4.78 is 2.32. The van der Waals surface area contributed by atoms with Gasteiger partial charge in [0.1, 0.15) is 0 Å². The van der Waals surface area contributed by atoms with Crippen LogP contribution in [-0.4, -0.2) is 14.5 Å². The van der Waals surface area contributed by atoms with E-state index in [1.165, 1.54) is 53.9 Å². The summed E-state index contributed by atoms with van der Waals surface area (Å²) in [6.07, 6.45) is 0. The number of hydrogen-bond acceptors (Lipinski definition) is 2. The summed E-state index contributed by atoms with van der Waals surface area (Å²) >= 11 is 0. The molecule has 3 heteroatoms. The van der Waals surface area contributed by atoms with Crippen molar-refractivity contribution in [2.75, 3.05) is 0 Å². The molecule has 0 amide bonds. The van der Waals surface area contributed by atoms with Crippen LogP contribution in [0.3, 0.4) is 0 Å². The van der Waals surface area contributed by atoms with Gasteiger partial charge in [-0.3, -0.25) is 4.57 Å². The minimum atomic E-state index is 0.670. The Morgan fingerprint density at radius 1 is 0.347 bits per heavy atom. The fourth-order valence-electron chi connectivity index (χ4n) is 8.24. The molecule has 0 aliphatic heterocycles. The monoisotopic (exact) mass is 621 g/mol. The first-order chi connectivity index (χ1) is 24.3. The molecule has 226 valence electrons. The maximum absolute atomic E-state index is 5.48. The van der Waals surface area contributed by atoms with Gasteiger partial charge < -0.3 is 0 Å². The second kappa shape index (κ2) is 9.96. The SMILES string of the molecule is c1ccc(-c2nc(-n3c4ccc5c6ccccc6c6ccccc6c5c4c4ccc5ccccc5c43)nc3c2ccc2ccccc23)cc1. The van der Waals surface area contributed by atoms with Crippen LogP contribution < -0.4 is 0 Å². The van der Waals surface area contributed by atoms with E-state index in [2.05, 4.69) is 168 Å². The van der Waals surface area contributed by atoms with Crippen LogP contribution >= 0.6 is 0 Å². The lowest BCUT2D eigenvalue weighted by Gasteiger charge is -2.14. The van der Waals surface area contributed by atoms with E-state index < -0.39 is 0 Å². The Hall–Kier alpha value is -6.58. The molecule has 0 radical (unpaired) electrons. The van der Waals surface area contributed by atoms with Crippen molar-refractivity contribution < 1.29 is 0 Å². The molecule has 0 saturated heterocycles. The smallest absolute Gasteiger partial charge is 0.235 e. The minimum absolute atomic E-state index is 0.670. The third kappa shape index (κ3) is 3.67. The fourth-order valence-corrected chi connectivity index (χ4v) is 8.24. The van der Waals surface area contributed by atoms with Crippen LogP contribution in [0.2, 0.25) is 0 Å². The van der Waals surface area contributed by atoms with Crippen LogP contribution in [0.5, 0.6) is 0 Å². The molecule has 11 rings (SSSR count). The van der Waals surface area contributed by atoms with Crippen molar-refractivity contribution >= 4 is 86.6 Å². The second-order valence-corrected chi connectivity index (χ2v) is 12.9. The Kier molecular flexibility index (Phi) is 5.38. The van der Waals surface area contributed by atoms with Crippen molar-refractivity contribution in [1.29, 1.82) is 0 Å². The van der Waals surface area contributed by atoms with E-state index in [9.17, 15) is 0 Å². The molecule has 0 atom stereocenters. The van der Waals surface area contributed by atoms with E-state index in [-0.39, 0.29) is 0 Å². The predicted octanol–water partition coefficient (Wildman–Crippen LogP) is 12.2. The lowest BCUT2D eigenvalue weighted by atomic mass is 9.91. The van der Waals surface area contributed by atoms with Crippen LogP contribution in [0.1, 0.15) is 0 Å². The molecule has 0 aliphatic carbocycles. The molecular weight excluding hydrogens is 595 g/mol. The Bertz CT molecular complexity index is 3120. The largest absolute Gasteiger partial charge is 0.277 e. The van der Waals surface area contributed by atoms with Crippen LogP contribution in [0.15, 0.2) is 164 Å². The molecule has 0 aliphatic rings. The summed E-state index contributed by atoms with van der Waals surface area (Å²) in [6, 6.07) is 58.9. The molecule has 0 saturated carbocycles. The summed E-state index contributed by atoms with van der Waals surface area (Å²) in [5, 5.41) is 15.7. The van der Waals surface area contributed by atoms with E-state index in [0.717, 1.165) is 44.0 Å². The Labute approximate surface area is 281 Å². The van der Waals surface area contributed by atoms with E-state index in [1.54, 1.807) is 0 Å². The van der Waals surface area contributed by atoms with E-state index >= 15 is 0 Å². The molecule has 2 aromatic heterocycles. The average Bonchev–Trinajstić information content (AvgIpc) is 3.53. The molecule has 3 nitrogen and oxygen atoms in total. The van der Waals surface area contributed by atoms with Gasteiger partial charge in [-0.05, 0) is 49.8 Å². The molecule has 0 unspecified atom stereocenters. The molecule has 0 fully saturated rings. The molecule has 2 heterocycles. The summed E-state index contributed by atoms with van der Waals surface area (Å²) in [6.45, 7) is 0. The van der Waals surface area contributed by atoms with Gasteiger partial charge in [-0.1, -0.05) is 152 Å². The molecule has 0 spiro atoms. The predicted molar refractivity (Wildman–Crippen MR) is 207 cm³/mol. The summed E-state index contributed by atoms with van der Waals surface area (Å²) in [5.74, 6) is 0.670. The maximum atomic E-state index is 5.48. The van der Waals surface area contributed by atoms with Gasteiger partial charge in [0.2, 0.25) is 5.95 Å². The lowest BCUT2D eigenvalue weighted by Crippen LogP contribution is -2.04. The Morgan fingerprint density at radius 2 is 0.878 bits per heavy atom.